The van der Waals surface area contributed by atoms with E-state index in [1.54, 1.807) is 6.26 Å². The standard InChI is InChI=1S/C15H16N2O4/c16-15(19)12-9-20-6-5-17(12)14(18)7-10-8-21-13-4-2-1-3-11(10)13/h1-4,8,12H,5-7,9H2,(H2,16,19). The molecule has 2 amide bonds. The molecule has 1 fully saturated rings. The van der Waals surface area contributed by atoms with Crippen LogP contribution in [-0.2, 0) is 20.7 Å². The molecule has 0 aliphatic carbocycles. The van der Waals surface area contributed by atoms with Crippen LogP contribution in [0.3, 0.4) is 0 Å². The Kier molecular flexibility index (Phi) is 3.62. The summed E-state index contributed by atoms with van der Waals surface area (Å²) in [5, 5.41) is 0.912. The maximum Gasteiger partial charge on any atom is 0.242 e. The topological polar surface area (TPSA) is 85.8 Å². The number of hydrogen-bond donors (Lipinski definition) is 1. The van der Waals surface area contributed by atoms with E-state index in [1.165, 1.54) is 4.90 Å². The van der Waals surface area contributed by atoms with Crippen LogP contribution >= 0.6 is 0 Å². The van der Waals surface area contributed by atoms with Gasteiger partial charge in [0.05, 0.1) is 25.9 Å². The largest absolute Gasteiger partial charge is 0.464 e. The maximum absolute atomic E-state index is 12.4. The normalized spacial score (nSPS) is 18.9. The van der Waals surface area contributed by atoms with Gasteiger partial charge in [-0.25, -0.2) is 0 Å². The fraction of sp³-hybridized carbons (Fsp3) is 0.333. The van der Waals surface area contributed by atoms with Crippen LogP contribution in [0, 0.1) is 0 Å². The van der Waals surface area contributed by atoms with Crippen molar-refractivity contribution >= 4 is 22.8 Å². The van der Waals surface area contributed by atoms with Crippen molar-refractivity contribution in [3.05, 3.63) is 36.1 Å². The fourth-order valence-corrected chi connectivity index (χ4v) is 2.57. The molecule has 2 heterocycles. The van der Waals surface area contributed by atoms with Crippen LogP contribution in [0.1, 0.15) is 5.56 Å². The number of nitrogens with two attached hydrogens (primary N) is 1. The summed E-state index contributed by atoms with van der Waals surface area (Å²) in [5.74, 6) is -0.686. The van der Waals surface area contributed by atoms with Gasteiger partial charge in [-0.05, 0) is 6.07 Å². The molecule has 0 spiro atoms. The summed E-state index contributed by atoms with van der Waals surface area (Å²) in [6.07, 6.45) is 1.77. The summed E-state index contributed by atoms with van der Waals surface area (Å²) >= 11 is 0. The van der Waals surface area contributed by atoms with E-state index in [0.717, 1.165) is 16.5 Å². The van der Waals surface area contributed by atoms with Gasteiger partial charge in [-0.1, -0.05) is 18.2 Å². The van der Waals surface area contributed by atoms with Crippen molar-refractivity contribution in [3.8, 4) is 0 Å². The van der Waals surface area contributed by atoms with E-state index < -0.39 is 11.9 Å². The number of fused-ring (bicyclic) bond motifs is 1. The second-order valence-corrected chi connectivity index (χ2v) is 5.01. The van der Waals surface area contributed by atoms with E-state index in [9.17, 15) is 9.59 Å². The van der Waals surface area contributed by atoms with Crippen LogP contribution < -0.4 is 5.73 Å². The predicted octanol–water partition coefficient (Wildman–Crippen LogP) is 0.688. The molecule has 1 aliphatic rings. The van der Waals surface area contributed by atoms with Crippen LogP contribution in [0.2, 0.25) is 0 Å². The molecule has 1 aromatic carbocycles. The van der Waals surface area contributed by atoms with E-state index in [-0.39, 0.29) is 18.9 Å². The molecule has 0 saturated carbocycles. The number of carbonyl (C=O) groups excluding carboxylic acids is 2. The SMILES string of the molecule is NC(=O)C1COCCN1C(=O)Cc1coc2ccccc12. The van der Waals surface area contributed by atoms with E-state index in [4.69, 9.17) is 14.9 Å². The Morgan fingerprint density at radius 1 is 1.33 bits per heavy atom. The van der Waals surface area contributed by atoms with Crippen molar-refractivity contribution in [2.24, 2.45) is 5.73 Å². The molecule has 0 bridgehead atoms. The number of hydrogen-bond acceptors (Lipinski definition) is 4. The average molecular weight is 288 g/mol. The lowest BCUT2D eigenvalue weighted by molar-refractivity contribution is -0.146. The summed E-state index contributed by atoms with van der Waals surface area (Å²) in [5.41, 5.74) is 6.88. The Hall–Kier alpha value is -2.34. The maximum atomic E-state index is 12.4. The lowest BCUT2D eigenvalue weighted by Crippen LogP contribution is -2.55. The van der Waals surface area contributed by atoms with E-state index in [0.29, 0.717) is 13.2 Å². The van der Waals surface area contributed by atoms with Gasteiger partial charge in [0.1, 0.15) is 11.6 Å². The van der Waals surface area contributed by atoms with Crippen molar-refractivity contribution in [2.45, 2.75) is 12.5 Å². The Bertz CT molecular complexity index is 679. The fourth-order valence-electron chi connectivity index (χ4n) is 2.57. The minimum absolute atomic E-state index is 0.145. The monoisotopic (exact) mass is 288 g/mol. The number of primary amides is 1. The predicted molar refractivity (Wildman–Crippen MR) is 75.4 cm³/mol. The van der Waals surface area contributed by atoms with Crippen molar-refractivity contribution in [3.63, 3.8) is 0 Å². The van der Waals surface area contributed by atoms with E-state index in [1.807, 2.05) is 24.3 Å². The minimum atomic E-state index is -0.690. The third-order valence-electron chi connectivity index (χ3n) is 3.68. The van der Waals surface area contributed by atoms with Crippen LogP contribution in [0.25, 0.3) is 11.0 Å². The van der Waals surface area contributed by atoms with Crippen LogP contribution in [0.5, 0.6) is 0 Å². The molecule has 1 atom stereocenters. The Balaban J connectivity index is 1.80. The summed E-state index contributed by atoms with van der Waals surface area (Å²) in [6.45, 7) is 0.955. The molecule has 2 N–H and O–H groups in total. The van der Waals surface area contributed by atoms with Gasteiger partial charge in [-0.15, -0.1) is 0 Å². The highest BCUT2D eigenvalue weighted by Gasteiger charge is 2.31. The first-order valence-corrected chi connectivity index (χ1v) is 6.78. The molecular formula is C15H16N2O4. The summed E-state index contributed by atoms with van der Waals surface area (Å²) in [4.78, 5) is 25.4. The molecular weight excluding hydrogens is 272 g/mol. The summed E-state index contributed by atoms with van der Waals surface area (Å²) in [6, 6.07) is 6.84. The zero-order valence-corrected chi connectivity index (χ0v) is 11.5. The molecule has 1 saturated heterocycles. The number of furan rings is 1. The van der Waals surface area contributed by atoms with Gasteiger partial charge in [0.25, 0.3) is 0 Å². The van der Waals surface area contributed by atoms with Crippen molar-refractivity contribution in [2.75, 3.05) is 19.8 Å². The van der Waals surface area contributed by atoms with Gasteiger partial charge in [0.15, 0.2) is 0 Å². The van der Waals surface area contributed by atoms with Gasteiger partial charge in [0, 0.05) is 17.5 Å². The number of morpholine rings is 1. The Labute approximate surface area is 121 Å². The lowest BCUT2D eigenvalue weighted by Gasteiger charge is -2.33. The lowest BCUT2D eigenvalue weighted by atomic mass is 10.1. The Morgan fingerprint density at radius 3 is 2.95 bits per heavy atom. The van der Waals surface area contributed by atoms with E-state index >= 15 is 0 Å². The molecule has 110 valence electrons. The highest BCUT2D eigenvalue weighted by atomic mass is 16.5. The van der Waals surface area contributed by atoms with Crippen LogP contribution in [-0.4, -0.2) is 42.5 Å². The molecule has 1 unspecified atom stereocenters. The minimum Gasteiger partial charge on any atom is -0.464 e. The second kappa shape index (κ2) is 5.57. The number of para-hydroxylation sites is 1. The summed E-state index contributed by atoms with van der Waals surface area (Å²) in [7, 11) is 0. The van der Waals surface area contributed by atoms with Crippen molar-refractivity contribution in [1.29, 1.82) is 0 Å². The van der Waals surface area contributed by atoms with Gasteiger partial charge < -0.3 is 19.8 Å². The first-order valence-electron chi connectivity index (χ1n) is 6.78. The number of rotatable bonds is 3. The third-order valence-corrected chi connectivity index (χ3v) is 3.68. The number of ether oxygens (including phenoxy) is 1. The molecule has 1 aliphatic heterocycles. The Morgan fingerprint density at radius 2 is 2.14 bits per heavy atom. The number of carbonyl (C=O) groups is 2. The van der Waals surface area contributed by atoms with Gasteiger partial charge in [0.2, 0.25) is 11.8 Å². The summed E-state index contributed by atoms with van der Waals surface area (Å²) < 4.78 is 10.6. The highest BCUT2D eigenvalue weighted by molar-refractivity contribution is 5.91. The first-order chi connectivity index (χ1) is 10.2. The van der Waals surface area contributed by atoms with Crippen molar-refractivity contribution in [1.82, 2.24) is 4.90 Å². The zero-order chi connectivity index (χ0) is 14.8. The smallest absolute Gasteiger partial charge is 0.242 e. The molecule has 6 nitrogen and oxygen atoms in total. The van der Waals surface area contributed by atoms with Crippen molar-refractivity contribution < 1.29 is 18.7 Å². The van der Waals surface area contributed by atoms with Crippen LogP contribution in [0.4, 0.5) is 0 Å². The third kappa shape index (κ3) is 2.62. The molecule has 3 rings (SSSR count). The number of amides is 2. The molecule has 2 aromatic rings. The van der Waals surface area contributed by atoms with Gasteiger partial charge in [-0.2, -0.15) is 0 Å². The molecule has 1 aromatic heterocycles. The molecule has 6 heteroatoms. The average Bonchev–Trinajstić information content (AvgIpc) is 2.90. The van der Waals surface area contributed by atoms with Crippen LogP contribution in [0.15, 0.2) is 34.9 Å². The number of benzene rings is 1. The van der Waals surface area contributed by atoms with Gasteiger partial charge in [-0.3, -0.25) is 9.59 Å². The van der Waals surface area contributed by atoms with Gasteiger partial charge >= 0.3 is 0 Å². The highest BCUT2D eigenvalue weighted by Crippen LogP contribution is 2.22. The zero-order valence-electron chi connectivity index (χ0n) is 11.5. The quantitative estimate of drug-likeness (QED) is 0.900. The van der Waals surface area contributed by atoms with E-state index in [2.05, 4.69) is 0 Å². The molecule has 21 heavy (non-hydrogen) atoms. The first kappa shape index (κ1) is 13.6. The second-order valence-electron chi connectivity index (χ2n) is 5.01. The molecule has 0 radical (unpaired) electrons. The number of nitrogens with zero attached hydrogens (tertiary/aromatic N) is 1.